The molecule has 0 N–H and O–H groups in total. The molecule has 0 spiro atoms. The first-order valence-corrected chi connectivity index (χ1v) is 6.84. The lowest BCUT2D eigenvalue weighted by Gasteiger charge is -2.09. The van der Waals surface area contributed by atoms with Gasteiger partial charge in [0.15, 0.2) is 0 Å². The van der Waals surface area contributed by atoms with Crippen LogP contribution in [-0.2, 0) is 0 Å². The molecular formula is C20H14. The van der Waals surface area contributed by atoms with Gasteiger partial charge in [-0.25, -0.2) is 0 Å². The Hall–Kier alpha value is -2.60. The Morgan fingerprint density at radius 2 is 0.650 bits per heavy atom. The number of hydrogen-bond donors (Lipinski definition) is 0. The predicted molar refractivity (Wildman–Crippen MR) is 85.5 cm³/mol. The molecule has 4 rings (SSSR count). The highest BCUT2D eigenvalue weighted by molar-refractivity contribution is 6.01. The third-order valence-electron chi connectivity index (χ3n) is 4.01. The molecule has 1 aliphatic carbocycles. The second-order valence-corrected chi connectivity index (χ2v) is 5.12. The van der Waals surface area contributed by atoms with E-state index in [4.69, 9.17) is 0 Å². The molecule has 0 heterocycles. The van der Waals surface area contributed by atoms with Crippen molar-refractivity contribution >= 4 is 5.57 Å². The van der Waals surface area contributed by atoms with Gasteiger partial charge in [0.2, 0.25) is 0 Å². The molecule has 0 heteroatoms. The van der Waals surface area contributed by atoms with E-state index in [0.717, 1.165) is 5.57 Å². The fourth-order valence-corrected chi connectivity index (χ4v) is 3.06. The van der Waals surface area contributed by atoms with E-state index in [1.165, 1.54) is 33.4 Å². The van der Waals surface area contributed by atoms with Crippen molar-refractivity contribution in [2.24, 2.45) is 0 Å². The first-order valence-electron chi connectivity index (χ1n) is 6.84. The van der Waals surface area contributed by atoms with Crippen LogP contribution in [0, 0.1) is 0 Å². The van der Waals surface area contributed by atoms with Crippen LogP contribution in [0.25, 0.3) is 27.8 Å². The van der Waals surface area contributed by atoms with Gasteiger partial charge in [-0.1, -0.05) is 79.4 Å². The second-order valence-electron chi connectivity index (χ2n) is 5.12. The Morgan fingerprint density at radius 1 is 0.400 bits per heavy atom. The molecule has 0 amide bonds. The van der Waals surface area contributed by atoms with Gasteiger partial charge in [-0.3, -0.25) is 0 Å². The summed E-state index contributed by atoms with van der Waals surface area (Å²) in [7, 11) is 0. The summed E-state index contributed by atoms with van der Waals surface area (Å²) < 4.78 is 0. The molecule has 0 bridgehead atoms. The zero-order valence-electron chi connectivity index (χ0n) is 11.1. The molecule has 0 aromatic heterocycles. The van der Waals surface area contributed by atoms with Crippen molar-refractivity contribution in [3.05, 3.63) is 90.5 Å². The minimum absolute atomic E-state index is 1.10. The van der Waals surface area contributed by atoms with E-state index in [2.05, 4.69) is 79.4 Å². The normalized spacial score (nSPS) is 12.1. The first kappa shape index (κ1) is 11.2. The van der Waals surface area contributed by atoms with Crippen molar-refractivity contribution < 1.29 is 0 Å². The Labute approximate surface area is 119 Å². The van der Waals surface area contributed by atoms with Crippen LogP contribution in [0.1, 0.15) is 11.1 Å². The quantitative estimate of drug-likeness (QED) is 0.394. The number of rotatable bonds is 0. The predicted octanol–water partition coefficient (Wildman–Crippen LogP) is 5.40. The zero-order valence-corrected chi connectivity index (χ0v) is 11.1. The summed E-state index contributed by atoms with van der Waals surface area (Å²) in [5.74, 6) is 0. The smallest absolute Gasteiger partial charge is 0.00990 e. The topological polar surface area (TPSA) is 0 Å². The number of fused-ring (bicyclic) bond motifs is 5. The van der Waals surface area contributed by atoms with Crippen LogP contribution >= 0.6 is 0 Å². The van der Waals surface area contributed by atoms with Crippen molar-refractivity contribution in [3.63, 3.8) is 0 Å². The molecule has 20 heavy (non-hydrogen) atoms. The van der Waals surface area contributed by atoms with Crippen molar-refractivity contribution in [3.8, 4) is 22.3 Å². The molecular weight excluding hydrogens is 240 g/mol. The average molecular weight is 254 g/mol. The monoisotopic (exact) mass is 254 g/mol. The Balaban J connectivity index is 2.20. The van der Waals surface area contributed by atoms with Crippen LogP contribution in [0.15, 0.2) is 79.4 Å². The summed E-state index contributed by atoms with van der Waals surface area (Å²) in [6, 6.07) is 25.7. The van der Waals surface area contributed by atoms with Crippen LogP contribution < -0.4 is 0 Å². The summed E-state index contributed by atoms with van der Waals surface area (Å²) in [6.45, 7) is 4.34. The third-order valence-corrected chi connectivity index (χ3v) is 4.01. The van der Waals surface area contributed by atoms with Gasteiger partial charge < -0.3 is 0 Å². The molecule has 0 fully saturated rings. The van der Waals surface area contributed by atoms with Gasteiger partial charge in [-0.2, -0.15) is 0 Å². The first-order chi connectivity index (χ1) is 9.86. The molecule has 0 nitrogen and oxygen atoms in total. The zero-order chi connectivity index (χ0) is 13.5. The Bertz CT molecular complexity index is 756. The minimum Gasteiger partial charge on any atom is -0.0905 e. The largest absolute Gasteiger partial charge is 0.0905 e. The highest BCUT2D eigenvalue weighted by Crippen LogP contribution is 2.44. The van der Waals surface area contributed by atoms with Crippen molar-refractivity contribution in [1.82, 2.24) is 0 Å². The molecule has 0 saturated heterocycles. The van der Waals surface area contributed by atoms with E-state index in [-0.39, 0.29) is 0 Å². The number of hydrogen-bond acceptors (Lipinski definition) is 0. The fourth-order valence-electron chi connectivity index (χ4n) is 3.06. The van der Waals surface area contributed by atoms with Gasteiger partial charge in [-0.15, -0.1) is 0 Å². The van der Waals surface area contributed by atoms with E-state index >= 15 is 0 Å². The lowest BCUT2D eigenvalue weighted by Crippen LogP contribution is -1.87. The Kier molecular flexibility index (Phi) is 2.37. The van der Waals surface area contributed by atoms with E-state index < -0.39 is 0 Å². The second kappa shape index (κ2) is 4.21. The van der Waals surface area contributed by atoms with Crippen LogP contribution in [0.5, 0.6) is 0 Å². The van der Waals surface area contributed by atoms with Crippen LogP contribution in [-0.4, -0.2) is 0 Å². The van der Waals surface area contributed by atoms with E-state index in [9.17, 15) is 0 Å². The summed E-state index contributed by atoms with van der Waals surface area (Å²) in [5, 5.41) is 0. The highest BCUT2D eigenvalue weighted by Gasteiger charge is 2.20. The Morgan fingerprint density at radius 3 is 1.00 bits per heavy atom. The molecule has 0 atom stereocenters. The lowest BCUT2D eigenvalue weighted by atomic mass is 9.95. The van der Waals surface area contributed by atoms with E-state index in [0.29, 0.717) is 0 Å². The summed E-state index contributed by atoms with van der Waals surface area (Å²) in [6.07, 6.45) is 0. The van der Waals surface area contributed by atoms with Crippen molar-refractivity contribution in [2.45, 2.75) is 0 Å². The van der Waals surface area contributed by atoms with Crippen LogP contribution in [0.2, 0.25) is 0 Å². The standard InChI is InChI=1S/C20H14/c1-14-15-8-2-4-10-17(15)19-12-6-7-13-20(19)18-11-5-3-9-16(14)18/h2-13H,1H2. The molecule has 0 saturated carbocycles. The van der Waals surface area contributed by atoms with Crippen molar-refractivity contribution in [2.75, 3.05) is 0 Å². The molecule has 94 valence electrons. The molecule has 3 aromatic carbocycles. The SMILES string of the molecule is C=C1c2ccccc2-c2ccccc2-c2ccccc21. The summed E-state index contributed by atoms with van der Waals surface area (Å²) in [5.41, 5.74) is 8.67. The molecule has 0 unspecified atom stereocenters. The highest BCUT2D eigenvalue weighted by atomic mass is 14.2. The van der Waals surface area contributed by atoms with Gasteiger partial charge >= 0.3 is 0 Å². The number of benzene rings is 3. The summed E-state index contributed by atoms with van der Waals surface area (Å²) >= 11 is 0. The van der Waals surface area contributed by atoms with Crippen LogP contribution in [0.3, 0.4) is 0 Å². The van der Waals surface area contributed by atoms with E-state index in [1.54, 1.807) is 0 Å². The fraction of sp³-hybridized carbons (Fsp3) is 0. The third kappa shape index (κ3) is 1.48. The maximum absolute atomic E-state index is 4.34. The minimum atomic E-state index is 1.10. The molecule has 3 aromatic rings. The molecule has 1 aliphatic rings. The van der Waals surface area contributed by atoms with Gasteiger partial charge in [0, 0.05) is 0 Å². The average Bonchev–Trinajstić information content (AvgIpc) is 2.64. The summed E-state index contributed by atoms with van der Waals surface area (Å²) in [4.78, 5) is 0. The van der Waals surface area contributed by atoms with E-state index in [1.807, 2.05) is 0 Å². The van der Waals surface area contributed by atoms with Gasteiger partial charge in [-0.05, 0) is 39.0 Å². The molecule has 0 radical (unpaired) electrons. The van der Waals surface area contributed by atoms with Gasteiger partial charge in [0.05, 0.1) is 0 Å². The van der Waals surface area contributed by atoms with Gasteiger partial charge in [0.25, 0.3) is 0 Å². The maximum atomic E-state index is 4.34. The molecule has 0 aliphatic heterocycles. The van der Waals surface area contributed by atoms with Gasteiger partial charge in [0.1, 0.15) is 0 Å². The lowest BCUT2D eigenvalue weighted by molar-refractivity contribution is 1.58. The van der Waals surface area contributed by atoms with Crippen LogP contribution in [0.4, 0.5) is 0 Å². The maximum Gasteiger partial charge on any atom is -0.00990 e. The van der Waals surface area contributed by atoms with Crippen molar-refractivity contribution in [1.29, 1.82) is 0 Å².